The Bertz CT molecular complexity index is 265. The van der Waals surface area contributed by atoms with Crippen molar-refractivity contribution in [1.82, 2.24) is 9.78 Å². The summed E-state index contributed by atoms with van der Waals surface area (Å²) in [4.78, 5) is 10.8. The van der Waals surface area contributed by atoms with Crippen LogP contribution in [0.1, 0.15) is 6.92 Å². The molecule has 0 aliphatic carbocycles. The molecule has 5 nitrogen and oxygen atoms in total. The number of amides is 1. The van der Waals surface area contributed by atoms with Gasteiger partial charge in [-0.2, -0.15) is 5.10 Å². The van der Waals surface area contributed by atoms with Crippen LogP contribution in [0.5, 0.6) is 0 Å². The molecule has 1 rings (SSSR count). The standard InChI is InChI=1S/C7H12N4O/c1-7(9,6(8)12)5-11-4-2-3-10-11/h2-4H,5,9H2,1H3,(H2,8,12)/t7-/m1/s1. The van der Waals surface area contributed by atoms with Gasteiger partial charge in [-0.15, -0.1) is 0 Å². The topological polar surface area (TPSA) is 86.9 Å². The van der Waals surface area contributed by atoms with Crippen LogP contribution in [0, 0.1) is 0 Å². The molecule has 0 radical (unpaired) electrons. The highest BCUT2D eigenvalue weighted by Gasteiger charge is 2.26. The van der Waals surface area contributed by atoms with Crippen LogP contribution in [-0.2, 0) is 11.3 Å². The number of nitrogens with zero attached hydrogens (tertiary/aromatic N) is 2. The zero-order chi connectivity index (χ0) is 9.19. The van der Waals surface area contributed by atoms with Crippen molar-refractivity contribution in [2.45, 2.75) is 19.0 Å². The number of nitrogens with two attached hydrogens (primary N) is 2. The van der Waals surface area contributed by atoms with Crippen LogP contribution in [0.3, 0.4) is 0 Å². The zero-order valence-corrected chi connectivity index (χ0v) is 6.90. The summed E-state index contributed by atoms with van der Waals surface area (Å²) in [6.45, 7) is 1.88. The van der Waals surface area contributed by atoms with Gasteiger partial charge in [-0.25, -0.2) is 0 Å². The number of rotatable bonds is 3. The number of hydrogen-bond donors (Lipinski definition) is 2. The molecule has 1 amide bonds. The summed E-state index contributed by atoms with van der Waals surface area (Å²) in [5, 5.41) is 3.91. The van der Waals surface area contributed by atoms with E-state index < -0.39 is 11.4 Å². The molecular formula is C7H12N4O. The van der Waals surface area contributed by atoms with E-state index in [1.54, 1.807) is 30.1 Å². The minimum absolute atomic E-state index is 0.301. The molecule has 0 unspecified atom stereocenters. The van der Waals surface area contributed by atoms with E-state index >= 15 is 0 Å². The van der Waals surface area contributed by atoms with Crippen LogP contribution in [0.25, 0.3) is 0 Å². The molecule has 0 bridgehead atoms. The highest BCUT2D eigenvalue weighted by molar-refractivity contribution is 5.83. The Morgan fingerprint density at radius 2 is 2.42 bits per heavy atom. The van der Waals surface area contributed by atoms with E-state index in [-0.39, 0.29) is 0 Å². The lowest BCUT2D eigenvalue weighted by molar-refractivity contribution is -0.123. The molecule has 1 atom stereocenters. The second-order valence-electron chi connectivity index (χ2n) is 2.99. The summed E-state index contributed by atoms with van der Waals surface area (Å²) in [6.07, 6.45) is 3.35. The summed E-state index contributed by atoms with van der Waals surface area (Å²) in [5.74, 6) is -0.530. The average Bonchev–Trinajstić information content (AvgIpc) is 2.38. The molecule has 1 aromatic rings. The van der Waals surface area contributed by atoms with Crippen LogP contribution >= 0.6 is 0 Å². The Morgan fingerprint density at radius 3 is 2.83 bits per heavy atom. The number of primary amides is 1. The van der Waals surface area contributed by atoms with Gasteiger partial charge in [-0.05, 0) is 13.0 Å². The molecule has 4 N–H and O–H groups in total. The van der Waals surface area contributed by atoms with E-state index in [0.717, 1.165) is 0 Å². The van der Waals surface area contributed by atoms with Crippen molar-refractivity contribution in [3.05, 3.63) is 18.5 Å². The molecule has 0 aliphatic heterocycles. The molecule has 66 valence electrons. The summed E-state index contributed by atoms with van der Waals surface area (Å²) < 4.78 is 1.57. The fraction of sp³-hybridized carbons (Fsp3) is 0.429. The highest BCUT2D eigenvalue weighted by Crippen LogP contribution is 2.01. The SMILES string of the molecule is C[C@@](N)(Cn1cccn1)C(N)=O. The Labute approximate surface area is 70.3 Å². The van der Waals surface area contributed by atoms with Crippen LogP contribution in [0.15, 0.2) is 18.5 Å². The fourth-order valence-electron chi connectivity index (χ4n) is 0.808. The quantitative estimate of drug-likeness (QED) is 0.612. The first kappa shape index (κ1) is 8.73. The molecule has 0 fully saturated rings. The third-order valence-electron chi connectivity index (χ3n) is 1.61. The maximum absolute atomic E-state index is 10.8. The minimum Gasteiger partial charge on any atom is -0.368 e. The first-order chi connectivity index (χ1) is 5.52. The van der Waals surface area contributed by atoms with E-state index in [1.807, 2.05) is 0 Å². The minimum atomic E-state index is -1.04. The van der Waals surface area contributed by atoms with Crippen LogP contribution in [0.4, 0.5) is 0 Å². The number of carbonyl (C=O) groups is 1. The molecule has 0 aromatic carbocycles. The molecule has 0 saturated carbocycles. The smallest absolute Gasteiger partial charge is 0.239 e. The van der Waals surface area contributed by atoms with Crippen LogP contribution in [0.2, 0.25) is 0 Å². The van der Waals surface area contributed by atoms with Gasteiger partial charge in [0.2, 0.25) is 5.91 Å². The van der Waals surface area contributed by atoms with Gasteiger partial charge in [0.05, 0.1) is 6.54 Å². The monoisotopic (exact) mass is 168 g/mol. The maximum atomic E-state index is 10.8. The molecule has 0 spiro atoms. The van der Waals surface area contributed by atoms with Gasteiger partial charge in [-0.3, -0.25) is 9.48 Å². The third-order valence-corrected chi connectivity index (χ3v) is 1.61. The van der Waals surface area contributed by atoms with Gasteiger partial charge in [-0.1, -0.05) is 0 Å². The summed E-state index contributed by atoms with van der Waals surface area (Å²) >= 11 is 0. The fourth-order valence-corrected chi connectivity index (χ4v) is 0.808. The summed E-state index contributed by atoms with van der Waals surface area (Å²) in [6, 6.07) is 1.76. The van der Waals surface area contributed by atoms with Crippen molar-refractivity contribution in [2.24, 2.45) is 11.5 Å². The van der Waals surface area contributed by atoms with E-state index in [9.17, 15) is 4.79 Å². The van der Waals surface area contributed by atoms with Gasteiger partial charge in [0.25, 0.3) is 0 Å². The van der Waals surface area contributed by atoms with Gasteiger partial charge < -0.3 is 11.5 Å². The molecule has 12 heavy (non-hydrogen) atoms. The van der Waals surface area contributed by atoms with E-state index in [4.69, 9.17) is 11.5 Å². The lowest BCUT2D eigenvalue weighted by atomic mass is 10.0. The Balaban J connectivity index is 2.69. The number of aromatic nitrogens is 2. The predicted octanol–water partition coefficient (Wildman–Crippen LogP) is -0.914. The molecule has 1 aromatic heterocycles. The van der Waals surface area contributed by atoms with Gasteiger partial charge in [0.1, 0.15) is 5.54 Å². The second kappa shape index (κ2) is 2.94. The summed E-state index contributed by atoms with van der Waals surface area (Å²) in [7, 11) is 0. The predicted molar refractivity (Wildman–Crippen MR) is 44.0 cm³/mol. The lowest BCUT2D eigenvalue weighted by Crippen LogP contribution is -2.52. The van der Waals surface area contributed by atoms with E-state index in [2.05, 4.69) is 5.10 Å². The first-order valence-corrected chi connectivity index (χ1v) is 3.58. The normalized spacial score (nSPS) is 15.5. The number of carbonyl (C=O) groups excluding carboxylic acids is 1. The Kier molecular flexibility index (Phi) is 2.14. The highest BCUT2D eigenvalue weighted by atomic mass is 16.1. The maximum Gasteiger partial charge on any atom is 0.239 e. The summed E-state index contributed by atoms with van der Waals surface area (Å²) in [5.41, 5.74) is 9.66. The third kappa shape index (κ3) is 1.82. The van der Waals surface area contributed by atoms with Crippen molar-refractivity contribution >= 4 is 5.91 Å². The van der Waals surface area contributed by atoms with Gasteiger partial charge in [0, 0.05) is 12.4 Å². The molecule has 0 saturated heterocycles. The van der Waals surface area contributed by atoms with Gasteiger partial charge in [0.15, 0.2) is 0 Å². The lowest BCUT2D eigenvalue weighted by Gasteiger charge is -2.19. The van der Waals surface area contributed by atoms with Crippen molar-refractivity contribution in [3.63, 3.8) is 0 Å². The molecule has 0 aliphatic rings. The Morgan fingerprint density at radius 1 is 1.75 bits per heavy atom. The molecular weight excluding hydrogens is 156 g/mol. The average molecular weight is 168 g/mol. The van der Waals surface area contributed by atoms with Crippen molar-refractivity contribution in [2.75, 3.05) is 0 Å². The Hall–Kier alpha value is -1.36. The molecule has 5 heteroatoms. The number of hydrogen-bond acceptors (Lipinski definition) is 3. The second-order valence-corrected chi connectivity index (χ2v) is 2.99. The van der Waals surface area contributed by atoms with Crippen molar-refractivity contribution < 1.29 is 4.79 Å². The zero-order valence-electron chi connectivity index (χ0n) is 6.90. The van der Waals surface area contributed by atoms with Crippen molar-refractivity contribution in [1.29, 1.82) is 0 Å². The molecule has 1 heterocycles. The largest absolute Gasteiger partial charge is 0.368 e. The van der Waals surface area contributed by atoms with Crippen LogP contribution in [-0.4, -0.2) is 21.2 Å². The first-order valence-electron chi connectivity index (χ1n) is 3.58. The van der Waals surface area contributed by atoms with Gasteiger partial charge >= 0.3 is 0 Å². The van der Waals surface area contributed by atoms with Crippen LogP contribution < -0.4 is 11.5 Å². The van der Waals surface area contributed by atoms with E-state index in [1.165, 1.54) is 0 Å². The van der Waals surface area contributed by atoms with Crippen molar-refractivity contribution in [3.8, 4) is 0 Å². The van der Waals surface area contributed by atoms with E-state index in [0.29, 0.717) is 6.54 Å².